The van der Waals surface area contributed by atoms with Crippen molar-refractivity contribution in [3.05, 3.63) is 34.6 Å². The highest BCUT2D eigenvalue weighted by atomic mass is 32.1. The van der Waals surface area contributed by atoms with Crippen LogP contribution in [0.1, 0.15) is 33.8 Å². The Balaban J connectivity index is 1.72. The minimum atomic E-state index is -4.48. The predicted molar refractivity (Wildman–Crippen MR) is 93.6 cm³/mol. The lowest BCUT2D eigenvalue weighted by atomic mass is 10.1. The van der Waals surface area contributed by atoms with Crippen LogP contribution < -0.4 is 5.32 Å². The quantitative estimate of drug-likeness (QED) is 0.734. The monoisotopic (exact) mass is 395 g/mol. The number of aryl methyl sites for hydroxylation is 2. The summed E-state index contributed by atoms with van der Waals surface area (Å²) in [7, 11) is 0. The molecule has 4 rings (SSSR count). The number of nitrogens with zero attached hydrogens (tertiary/aromatic N) is 4. The maximum atomic E-state index is 13.2. The number of hydrogen-bond acceptors (Lipinski definition) is 5. The summed E-state index contributed by atoms with van der Waals surface area (Å²) in [5, 5.41) is 6.24. The SMILES string of the molecule is Cc1sncc1-c1cc(C)n2ncc(C(=O)N[C@H](C3CC3)C(F)(F)F)c2n1. The van der Waals surface area contributed by atoms with E-state index in [9.17, 15) is 18.0 Å². The zero-order chi connectivity index (χ0) is 19.3. The van der Waals surface area contributed by atoms with Crippen molar-refractivity contribution in [2.75, 3.05) is 0 Å². The number of fused-ring (bicyclic) bond motifs is 1. The number of amides is 1. The fourth-order valence-electron chi connectivity index (χ4n) is 3.07. The standard InChI is InChI=1S/C17H16F3N5OS/c1-8-5-13(11-7-22-27-9(11)2)23-15-12(6-21-25(8)15)16(26)24-14(10-3-4-10)17(18,19)20/h5-7,10,14H,3-4H2,1-2H3,(H,24,26)/t14-/m1/s1. The molecule has 0 aromatic carbocycles. The Morgan fingerprint density at radius 3 is 2.67 bits per heavy atom. The molecule has 0 saturated heterocycles. The van der Waals surface area contributed by atoms with E-state index in [0.29, 0.717) is 24.2 Å². The van der Waals surface area contributed by atoms with E-state index in [0.717, 1.165) is 10.4 Å². The molecule has 0 aliphatic heterocycles. The van der Waals surface area contributed by atoms with Crippen LogP contribution in [0.5, 0.6) is 0 Å². The highest BCUT2D eigenvalue weighted by Crippen LogP contribution is 2.40. The van der Waals surface area contributed by atoms with E-state index in [1.165, 1.54) is 22.2 Å². The Hall–Kier alpha value is -2.49. The Labute approximate surface area is 156 Å². The van der Waals surface area contributed by atoms with Crippen LogP contribution in [0, 0.1) is 19.8 Å². The van der Waals surface area contributed by atoms with Gasteiger partial charge in [0.2, 0.25) is 0 Å². The largest absolute Gasteiger partial charge is 0.408 e. The van der Waals surface area contributed by atoms with Crippen LogP contribution in [-0.2, 0) is 0 Å². The van der Waals surface area contributed by atoms with Gasteiger partial charge in [0.15, 0.2) is 5.65 Å². The minimum Gasteiger partial charge on any atom is -0.340 e. The van der Waals surface area contributed by atoms with Crippen LogP contribution in [0.3, 0.4) is 0 Å². The fourth-order valence-corrected chi connectivity index (χ4v) is 3.64. The van der Waals surface area contributed by atoms with Gasteiger partial charge < -0.3 is 5.32 Å². The number of nitrogens with one attached hydrogen (secondary N) is 1. The summed E-state index contributed by atoms with van der Waals surface area (Å²) in [6, 6.07) is -0.0336. The second-order valence-corrected chi connectivity index (χ2v) is 7.71. The van der Waals surface area contributed by atoms with Gasteiger partial charge in [0.1, 0.15) is 11.6 Å². The average molecular weight is 395 g/mol. The fraction of sp³-hybridized carbons (Fsp3) is 0.412. The summed E-state index contributed by atoms with van der Waals surface area (Å²) in [6.07, 6.45) is -0.612. The summed E-state index contributed by atoms with van der Waals surface area (Å²) < 4.78 is 45.3. The molecule has 142 valence electrons. The molecule has 1 aliphatic rings. The molecule has 10 heteroatoms. The number of hydrogen-bond donors (Lipinski definition) is 1. The summed E-state index contributed by atoms with van der Waals surface area (Å²) in [6.45, 7) is 3.70. The third-order valence-electron chi connectivity index (χ3n) is 4.65. The van der Waals surface area contributed by atoms with Gasteiger partial charge in [0, 0.05) is 16.1 Å². The Morgan fingerprint density at radius 2 is 2.07 bits per heavy atom. The van der Waals surface area contributed by atoms with Gasteiger partial charge in [-0.15, -0.1) is 0 Å². The lowest BCUT2D eigenvalue weighted by Gasteiger charge is -2.20. The Morgan fingerprint density at radius 1 is 1.33 bits per heavy atom. The van der Waals surface area contributed by atoms with Gasteiger partial charge in [-0.05, 0) is 50.2 Å². The summed E-state index contributed by atoms with van der Waals surface area (Å²) in [5.74, 6) is -1.37. The van der Waals surface area contributed by atoms with E-state index in [4.69, 9.17) is 0 Å². The zero-order valence-corrected chi connectivity index (χ0v) is 15.4. The highest BCUT2D eigenvalue weighted by molar-refractivity contribution is 7.06. The summed E-state index contributed by atoms with van der Waals surface area (Å²) >= 11 is 1.33. The van der Waals surface area contributed by atoms with Gasteiger partial charge in [0.05, 0.1) is 18.1 Å². The predicted octanol–water partition coefficient (Wildman–Crippen LogP) is 3.54. The topological polar surface area (TPSA) is 72.2 Å². The second-order valence-electron chi connectivity index (χ2n) is 6.70. The van der Waals surface area contributed by atoms with Crippen molar-refractivity contribution in [2.24, 2.45) is 5.92 Å². The molecule has 1 saturated carbocycles. The molecule has 27 heavy (non-hydrogen) atoms. The molecule has 0 unspecified atom stereocenters. The van der Waals surface area contributed by atoms with Crippen LogP contribution >= 0.6 is 11.5 Å². The van der Waals surface area contributed by atoms with Crippen molar-refractivity contribution >= 4 is 23.1 Å². The van der Waals surface area contributed by atoms with Crippen LogP contribution in [0.2, 0.25) is 0 Å². The number of halogens is 3. The molecule has 0 radical (unpaired) electrons. The van der Waals surface area contributed by atoms with Gasteiger partial charge >= 0.3 is 6.18 Å². The molecule has 1 amide bonds. The van der Waals surface area contributed by atoms with Crippen molar-refractivity contribution in [3.8, 4) is 11.3 Å². The third kappa shape index (κ3) is 3.29. The number of carbonyl (C=O) groups excluding carboxylic acids is 1. The van der Waals surface area contributed by atoms with Gasteiger partial charge in [-0.3, -0.25) is 4.79 Å². The van der Waals surface area contributed by atoms with E-state index in [2.05, 4.69) is 19.8 Å². The molecule has 1 atom stereocenters. The average Bonchev–Trinajstić information content (AvgIpc) is 3.17. The van der Waals surface area contributed by atoms with Gasteiger partial charge in [-0.25, -0.2) is 13.9 Å². The van der Waals surface area contributed by atoms with Gasteiger partial charge in [0.25, 0.3) is 5.91 Å². The highest BCUT2D eigenvalue weighted by Gasteiger charge is 2.49. The van der Waals surface area contributed by atoms with E-state index in [1.54, 1.807) is 19.2 Å². The normalized spacial score (nSPS) is 15.9. The lowest BCUT2D eigenvalue weighted by molar-refractivity contribution is -0.158. The van der Waals surface area contributed by atoms with Crippen LogP contribution in [0.25, 0.3) is 16.9 Å². The second kappa shape index (κ2) is 6.29. The maximum absolute atomic E-state index is 13.2. The van der Waals surface area contributed by atoms with Crippen molar-refractivity contribution < 1.29 is 18.0 Å². The lowest BCUT2D eigenvalue weighted by Crippen LogP contribution is -2.46. The van der Waals surface area contributed by atoms with E-state index in [1.807, 2.05) is 6.92 Å². The van der Waals surface area contributed by atoms with Crippen LogP contribution in [0.15, 0.2) is 18.5 Å². The molecule has 0 bridgehead atoms. The molecular formula is C17H16F3N5OS. The van der Waals surface area contributed by atoms with Crippen molar-refractivity contribution in [2.45, 2.75) is 38.9 Å². The molecule has 3 heterocycles. The number of alkyl halides is 3. The van der Waals surface area contributed by atoms with Crippen LogP contribution in [-0.4, -0.2) is 37.1 Å². The van der Waals surface area contributed by atoms with Gasteiger partial charge in [-0.2, -0.15) is 18.3 Å². The summed E-state index contributed by atoms with van der Waals surface area (Å²) in [4.78, 5) is 18.0. The zero-order valence-electron chi connectivity index (χ0n) is 14.5. The Bertz CT molecular complexity index is 1020. The van der Waals surface area contributed by atoms with Crippen molar-refractivity contribution in [3.63, 3.8) is 0 Å². The van der Waals surface area contributed by atoms with Crippen molar-refractivity contribution in [1.82, 2.24) is 24.3 Å². The molecular weight excluding hydrogens is 379 g/mol. The third-order valence-corrected chi connectivity index (χ3v) is 5.36. The van der Waals surface area contributed by atoms with E-state index in [-0.39, 0.29) is 11.2 Å². The number of carbonyl (C=O) groups is 1. The van der Waals surface area contributed by atoms with Crippen molar-refractivity contribution in [1.29, 1.82) is 0 Å². The Kier molecular flexibility index (Phi) is 4.17. The van der Waals surface area contributed by atoms with Gasteiger partial charge in [-0.1, -0.05) is 0 Å². The van der Waals surface area contributed by atoms with Crippen LogP contribution in [0.4, 0.5) is 13.2 Å². The molecule has 3 aromatic rings. The first-order chi connectivity index (χ1) is 12.8. The number of aromatic nitrogens is 4. The molecule has 3 aromatic heterocycles. The molecule has 1 N–H and O–H groups in total. The first kappa shape index (κ1) is 17.9. The number of rotatable bonds is 4. The maximum Gasteiger partial charge on any atom is 0.408 e. The first-order valence-electron chi connectivity index (χ1n) is 8.40. The summed E-state index contributed by atoms with van der Waals surface area (Å²) in [5.41, 5.74) is 2.40. The smallest absolute Gasteiger partial charge is 0.340 e. The molecule has 1 aliphatic carbocycles. The first-order valence-corrected chi connectivity index (χ1v) is 9.17. The minimum absolute atomic E-state index is 0.0238. The van der Waals surface area contributed by atoms with E-state index >= 15 is 0 Å². The molecule has 0 spiro atoms. The van der Waals surface area contributed by atoms with E-state index < -0.39 is 24.0 Å². The molecule has 1 fully saturated rings. The molecule has 6 nitrogen and oxygen atoms in total.